The fraction of sp³-hybridized carbons (Fsp3) is 0.174. The molecule has 33 heavy (non-hydrogen) atoms. The van der Waals surface area contributed by atoms with Crippen LogP contribution in [0, 0.1) is 0 Å². The molecule has 0 bridgehead atoms. The van der Waals surface area contributed by atoms with Crippen LogP contribution in [0.4, 0.5) is 5.69 Å². The number of hydrogen-bond acceptors (Lipinski definition) is 8. The Balaban J connectivity index is 2.40. The van der Waals surface area contributed by atoms with Gasteiger partial charge in [-0.1, -0.05) is 23.7 Å². The Labute approximate surface area is 195 Å². The summed E-state index contributed by atoms with van der Waals surface area (Å²) in [6.07, 6.45) is 0. The molecule has 0 saturated heterocycles. The first-order valence-corrected chi connectivity index (χ1v) is 10.0. The zero-order chi connectivity index (χ0) is 24.3. The predicted octanol–water partition coefficient (Wildman–Crippen LogP) is 2.21. The number of hydrogen-bond donors (Lipinski definition) is 2. The second-order valence-corrected chi connectivity index (χ2v) is 7.36. The maximum Gasteiger partial charge on any atom is 0.355 e. The molecule has 1 aliphatic rings. The van der Waals surface area contributed by atoms with Gasteiger partial charge in [-0.15, -0.1) is 0 Å². The number of carbonyl (C=O) groups excluding carboxylic acids is 3. The van der Waals surface area contributed by atoms with Crippen molar-refractivity contribution in [1.82, 2.24) is 0 Å². The summed E-state index contributed by atoms with van der Waals surface area (Å²) in [5.41, 5.74) is 12.5. The molecule has 2 aromatic rings. The maximum atomic E-state index is 13.0. The monoisotopic (exact) mass is 471 g/mol. The molecular weight excluding hydrogens is 450 g/mol. The van der Waals surface area contributed by atoms with Crippen molar-refractivity contribution in [3.05, 3.63) is 81.8 Å². The average Bonchev–Trinajstić information content (AvgIpc) is 2.82. The van der Waals surface area contributed by atoms with Crippen molar-refractivity contribution in [2.45, 2.75) is 5.92 Å². The molecule has 9 nitrogen and oxygen atoms in total. The summed E-state index contributed by atoms with van der Waals surface area (Å²) in [4.78, 5) is 39.9. The van der Waals surface area contributed by atoms with Crippen LogP contribution < -0.4 is 21.1 Å². The standard InChI is InChI=1S/C23H22ClN3O6/c1-31-15-10-8-14(9-11-15)27-19(23(30)33-3)17(22(29)32-2)16(18(20(27)25)21(26)28)12-4-6-13(24)7-5-12/h4-11,16H,25H2,1-3H3,(H2,26,28). The highest BCUT2D eigenvalue weighted by atomic mass is 35.5. The van der Waals surface area contributed by atoms with Gasteiger partial charge in [-0.25, -0.2) is 9.59 Å². The van der Waals surface area contributed by atoms with Gasteiger partial charge in [-0.05, 0) is 42.0 Å². The number of ether oxygens (including phenoxy) is 3. The second kappa shape index (κ2) is 9.66. The third kappa shape index (κ3) is 4.35. The van der Waals surface area contributed by atoms with E-state index in [0.29, 0.717) is 22.0 Å². The van der Waals surface area contributed by atoms with Crippen LogP contribution in [0.25, 0.3) is 0 Å². The number of carbonyl (C=O) groups is 3. The van der Waals surface area contributed by atoms with Crippen LogP contribution in [0.15, 0.2) is 71.2 Å². The molecule has 1 heterocycles. The highest BCUT2D eigenvalue weighted by Gasteiger charge is 2.44. The fourth-order valence-corrected chi connectivity index (χ4v) is 3.80. The molecule has 3 rings (SSSR count). The summed E-state index contributed by atoms with van der Waals surface area (Å²) in [6.45, 7) is 0. The van der Waals surface area contributed by atoms with Crippen LogP contribution in [0.1, 0.15) is 11.5 Å². The number of rotatable bonds is 6. The van der Waals surface area contributed by atoms with Crippen molar-refractivity contribution in [2.24, 2.45) is 11.5 Å². The van der Waals surface area contributed by atoms with Crippen molar-refractivity contribution >= 4 is 35.1 Å². The van der Waals surface area contributed by atoms with E-state index in [9.17, 15) is 14.4 Å². The van der Waals surface area contributed by atoms with Crippen LogP contribution in [-0.2, 0) is 23.9 Å². The molecule has 1 amide bonds. The van der Waals surface area contributed by atoms with Gasteiger partial charge in [-0.2, -0.15) is 0 Å². The summed E-state index contributed by atoms with van der Waals surface area (Å²) < 4.78 is 15.1. The van der Waals surface area contributed by atoms with E-state index < -0.39 is 23.8 Å². The van der Waals surface area contributed by atoms with E-state index in [1.54, 1.807) is 48.5 Å². The van der Waals surface area contributed by atoms with Gasteiger partial charge < -0.3 is 25.7 Å². The molecule has 10 heteroatoms. The average molecular weight is 472 g/mol. The first kappa shape index (κ1) is 23.7. The van der Waals surface area contributed by atoms with Gasteiger partial charge in [0, 0.05) is 10.7 Å². The smallest absolute Gasteiger partial charge is 0.355 e. The number of halogens is 1. The molecule has 1 aliphatic heterocycles. The molecule has 0 saturated carbocycles. The van der Waals surface area contributed by atoms with Gasteiger partial charge >= 0.3 is 11.9 Å². The highest BCUT2D eigenvalue weighted by Crippen LogP contribution is 2.43. The molecule has 0 aromatic heterocycles. The lowest BCUT2D eigenvalue weighted by Gasteiger charge is -2.37. The Morgan fingerprint density at radius 2 is 1.45 bits per heavy atom. The van der Waals surface area contributed by atoms with Crippen molar-refractivity contribution in [3.63, 3.8) is 0 Å². The summed E-state index contributed by atoms with van der Waals surface area (Å²) in [5.74, 6) is -3.30. The van der Waals surface area contributed by atoms with Crippen molar-refractivity contribution in [1.29, 1.82) is 0 Å². The van der Waals surface area contributed by atoms with Gasteiger partial charge in [0.1, 0.15) is 17.3 Å². The first-order valence-electron chi connectivity index (χ1n) is 9.65. The fourth-order valence-electron chi connectivity index (χ4n) is 3.67. The van der Waals surface area contributed by atoms with Crippen molar-refractivity contribution < 1.29 is 28.6 Å². The van der Waals surface area contributed by atoms with E-state index in [2.05, 4.69) is 0 Å². The molecule has 0 radical (unpaired) electrons. The second-order valence-electron chi connectivity index (χ2n) is 6.93. The van der Waals surface area contributed by atoms with Gasteiger partial charge in [-0.3, -0.25) is 9.69 Å². The van der Waals surface area contributed by atoms with E-state index in [1.807, 2.05) is 0 Å². The van der Waals surface area contributed by atoms with Crippen molar-refractivity contribution in [2.75, 3.05) is 26.2 Å². The molecule has 172 valence electrons. The molecule has 2 aromatic carbocycles. The topological polar surface area (TPSA) is 134 Å². The highest BCUT2D eigenvalue weighted by molar-refractivity contribution is 6.30. The Morgan fingerprint density at radius 3 is 1.94 bits per heavy atom. The molecule has 0 fully saturated rings. The van der Waals surface area contributed by atoms with Crippen LogP contribution in [0.3, 0.4) is 0 Å². The van der Waals surface area contributed by atoms with Gasteiger partial charge in [0.15, 0.2) is 0 Å². The zero-order valence-electron chi connectivity index (χ0n) is 18.1. The molecule has 1 atom stereocenters. The molecule has 1 unspecified atom stereocenters. The maximum absolute atomic E-state index is 13.0. The Bertz CT molecular complexity index is 1160. The van der Waals surface area contributed by atoms with E-state index in [4.69, 9.17) is 37.3 Å². The van der Waals surface area contributed by atoms with Crippen molar-refractivity contribution in [3.8, 4) is 5.75 Å². The van der Waals surface area contributed by atoms with E-state index in [0.717, 1.165) is 14.2 Å². The number of amides is 1. The molecule has 0 aliphatic carbocycles. The number of nitrogens with zero attached hydrogens (tertiary/aromatic N) is 1. The quantitative estimate of drug-likeness (QED) is 0.612. The summed E-state index contributed by atoms with van der Waals surface area (Å²) >= 11 is 6.01. The van der Waals surface area contributed by atoms with Gasteiger partial charge in [0.2, 0.25) is 5.91 Å². The Hall–Kier alpha value is -3.98. The third-order valence-corrected chi connectivity index (χ3v) is 5.41. The van der Waals surface area contributed by atoms with Crippen LogP contribution in [0.2, 0.25) is 5.02 Å². The molecule has 0 spiro atoms. The number of esters is 2. The lowest BCUT2D eigenvalue weighted by molar-refractivity contribution is -0.139. The van der Waals surface area contributed by atoms with E-state index in [1.165, 1.54) is 12.0 Å². The lowest BCUT2D eigenvalue weighted by Crippen LogP contribution is -2.43. The van der Waals surface area contributed by atoms with E-state index in [-0.39, 0.29) is 22.7 Å². The Morgan fingerprint density at radius 1 is 0.879 bits per heavy atom. The number of benzene rings is 2. The SMILES string of the molecule is COC(=O)C1=C(C(=O)OC)N(c2ccc(OC)cc2)C(N)=C(C(N)=O)C1c1ccc(Cl)cc1. The van der Waals surface area contributed by atoms with Gasteiger partial charge in [0.05, 0.1) is 38.4 Å². The van der Waals surface area contributed by atoms with Crippen LogP contribution in [-0.4, -0.2) is 39.2 Å². The third-order valence-electron chi connectivity index (χ3n) is 5.16. The number of primary amides is 1. The summed E-state index contributed by atoms with van der Waals surface area (Å²) in [5, 5.41) is 0.434. The minimum Gasteiger partial charge on any atom is -0.497 e. The summed E-state index contributed by atoms with van der Waals surface area (Å²) in [6, 6.07) is 12.8. The lowest BCUT2D eigenvalue weighted by atomic mass is 9.80. The van der Waals surface area contributed by atoms with Gasteiger partial charge in [0.25, 0.3) is 0 Å². The largest absolute Gasteiger partial charge is 0.497 e. The predicted molar refractivity (Wildman–Crippen MR) is 121 cm³/mol. The summed E-state index contributed by atoms with van der Waals surface area (Å²) in [7, 11) is 3.82. The number of methoxy groups -OCH3 is 3. The normalized spacial score (nSPS) is 15.9. The molecule has 4 N–H and O–H groups in total. The minimum atomic E-state index is -1.10. The van der Waals surface area contributed by atoms with Crippen LogP contribution in [0.5, 0.6) is 5.75 Å². The molecular formula is C23H22ClN3O6. The zero-order valence-corrected chi connectivity index (χ0v) is 18.9. The van der Waals surface area contributed by atoms with Crippen LogP contribution >= 0.6 is 11.6 Å². The number of anilines is 1. The Kier molecular flexibility index (Phi) is 6.93. The first-order chi connectivity index (χ1) is 15.7. The minimum absolute atomic E-state index is 0.0961. The van der Waals surface area contributed by atoms with E-state index >= 15 is 0 Å². The number of nitrogens with two attached hydrogens (primary N) is 2.